The molecule has 3 aromatic heterocycles. The lowest BCUT2D eigenvalue weighted by atomic mass is 9.86. The van der Waals surface area contributed by atoms with Gasteiger partial charge in [0.25, 0.3) is 0 Å². The molecule has 0 aliphatic heterocycles. The Hall–Kier alpha value is -5.36. The number of pyridine rings is 1. The molecule has 0 fully saturated rings. The Morgan fingerprint density at radius 1 is 0.642 bits per heavy atom. The van der Waals surface area contributed by atoms with Crippen LogP contribution in [0.1, 0.15) is 81.5 Å². The van der Waals surface area contributed by atoms with Crippen LogP contribution in [0.25, 0.3) is 44.4 Å². The molecular formula is C47H53N5O. The number of para-hydroxylation sites is 1. The maximum Gasteiger partial charge on any atom is 0.137 e. The molecule has 7 aromatic rings. The summed E-state index contributed by atoms with van der Waals surface area (Å²) < 4.78 is 11.1. The summed E-state index contributed by atoms with van der Waals surface area (Å²) in [6.07, 6.45) is 10.1. The molecule has 3 heterocycles. The minimum absolute atomic E-state index is 0.780. The van der Waals surface area contributed by atoms with Gasteiger partial charge in [-0.05, 0) is 109 Å². The first-order chi connectivity index (χ1) is 25.8. The van der Waals surface area contributed by atoms with Gasteiger partial charge in [0.2, 0.25) is 0 Å². The monoisotopic (exact) mass is 703 g/mol. The van der Waals surface area contributed by atoms with E-state index < -0.39 is 0 Å². The van der Waals surface area contributed by atoms with Gasteiger partial charge in [0.15, 0.2) is 0 Å². The molecule has 4 aromatic carbocycles. The van der Waals surface area contributed by atoms with Crippen LogP contribution in [-0.2, 0) is 25.7 Å². The second kappa shape index (κ2) is 15.7. The van der Waals surface area contributed by atoms with E-state index in [9.17, 15) is 0 Å². The predicted molar refractivity (Wildman–Crippen MR) is 223 cm³/mol. The van der Waals surface area contributed by atoms with Gasteiger partial charge in [-0.25, -0.2) is 9.67 Å². The van der Waals surface area contributed by atoms with Gasteiger partial charge in [-0.1, -0.05) is 77.6 Å². The Bertz CT molecular complexity index is 2350. The molecule has 0 aliphatic carbocycles. The molecule has 0 radical (unpaired) electrons. The topological polar surface area (TPSA) is 48.1 Å². The largest absolute Gasteiger partial charge is 0.457 e. The lowest BCUT2D eigenvalue weighted by Gasteiger charge is -2.22. The molecule has 0 amide bonds. The third-order valence-corrected chi connectivity index (χ3v) is 10.2. The first-order valence-corrected chi connectivity index (χ1v) is 19.5. The van der Waals surface area contributed by atoms with Gasteiger partial charge in [0, 0.05) is 54.4 Å². The molecule has 0 atom stereocenters. The van der Waals surface area contributed by atoms with Crippen molar-refractivity contribution in [1.29, 1.82) is 0 Å². The zero-order valence-corrected chi connectivity index (χ0v) is 32.5. The number of aromatic nitrogens is 4. The number of aryl methyl sites for hydroxylation is 4. The van der Waals surface area contributed by atoms with Gasteiger partial charge >= 0.3 is 0 Å². The summed E-state index contributed by atoms with van der Waals surface area (Å²) in [6.45, 7) is 11.2. The first kappa shape index (κ1) is 36.0. The van der Waals surface area contributed by atoms with E-state index in [0.717, 1.165) is 85.4 Å². The Labute approximate surface area is 315 Å². The van der Waals surface area contributed by atoms with Crippen molar-refractivity contribution in [3.63, 3.8) is 0 Å². The summed E-state index contributed by atoms with van der Waals surface area (Å²) in [7, 11) is 4.30. The van der Waals surface area contributed by atoms with E-state index in [0.29, 0.717) is 0 Å². The highest BCUT2D eigenvalue weighted by molar-refractivity contribution is 6.09. The van der Waals surface area contributed by atoms with Crippen molar-refractivity contribution < 1.29 is 4.74 Å². The molecule has 7 rings (SSSR count). The van der Waals surface area contributed by atoms with Gasteiger partial charge in [-0.3, -0.25) is 4.57 Å². The number of benzene rings is 4. The van der Waals surface area contributed by atoms with Crippen LogP contribution in [0.15, 0.2) is 97.2 Å². The van der Waals surface area contributed by atoms with Crippen LogP contribution in [0.5, 0.6) is 11.5 Å². The molecular weight excluding hydrogens is 651 g/mol. The fraction of sp³-hybridized carbons (Fsp3) is 0.319. The minimum Gasteiger partial charge on any atom is -0.457 e. The summed E-state index contributed by atoms with van der Waals surface area (Å²) in [5, 5.41) is 7.80. The number of rotatable bonds is 14. The second-order valence-corrected chi connectivity index (χ2v) is 14.5. The number of hydrogen-bond acceptors (Lipinski definition) is 4. The van der Waals surface area contributed by atoms with Crippen molar-refractivity contribution in [2.75, 3.05) is 19.0 Å². The third-order valence-electron chi connectivity index (χ3n) is 10.2. The zero-order chi connectivity index (χ0) is 37.1. The van der Waals surface area contributed by atoms with Crippen LogP contribution < -0.4 is 9.64 Å². The molecule has 53 heavy (non-hydrogen) atoms. The Morgan fingerprint density at radius 2 is 1.34 bits per heavy atom. The molecule has 0 N–H and O–H groups in total. The van der Waals surface area contributed by atoms with Gasteiger partial charge in [0.1, 0.15) is 17.3 Å². The second-order valence-electron chi connectivity index (χ2n) is 14.5. The van der Waals surface area contributed by atoms with Crippen molar-refractivity contribution in [2.45, 2.75) is 86.0 Å². The highest BCUT2D eigenvalue weighted by Crippen LogP contribution is 2.40. The van der Waals surface area contributed by atoms with Gasteiger partial charge in [-0.15, -0.1) is 0 Å². The van der Waals surface area contributed by atoms with Crippen molar-refractivity contribution in [2.24, 2.45) is 0 Å². The lowest BCUT2D eigenvalue weighted by molar-refractivity contribution is 0.482. The van der Waals surface area contributed by atoms with E-state index in [4.69, 9.17) is 14.8 Å². The fourth-order valence-corrected chi connectivity index (χ4v) is 7.86. The van der Waals surface area contributed by atoms with Crippen LogP contribution in [0.4, 0.5) is 5.69 Å². The van der Waals surface area contributed by atoms with E-state index in [2.05, 4.69) is 142 Å². The maximum absolute atomic E-state index is 6.69. The molecule has 6 heteroatoms. The van der Waals surface area contributed by atoms with Gasteiger partial charge < -0.3 is 9.64 Å². The molecule has 272 valence electrons. The van der Waals surface area contributed by atoms with Gasteiger partial charge in [0.05, 0.1) is 28.1 Å². The van der Waals surface area contributed by atoms with Crippen molar-refractivity contribution in [1.82, 2.24) is 19.3 Å². The predicted octanol–water partition coefficient (Wildman–Crippen LogP) is 12.0. The molecule has 0 aliphatic rings. The third kappa shape index (κ3) is 7.07. The number of ether oxygens (including phenoxy) is 1. The Balaban J connectivity index is 1.34. The lowest BCUT2D eigenvalue weighted by Crippen LogP contribution is -2.11. The molecule has 0 saturated heterocycles. The average molecular weight is 704 g/mol. The normalized spacial score (nSPS) is 11.5. The molecule has 0 unspecified atom stereocenters. The summed E-state index contributed by atoms with van der Waals surface area (Å²) in [4.78, 5) is 7.01. The van der Waals surface area contributed by atoms with Crippen LogP contribution in [-0.4, -0.2) is 33.4 Å². The Morgan fingerprint density at radius 3 is 2.04 bits per heavy atom. The van der Waals surface area contributed by atoms with Crippen LogP contribution in [0.3, 0.4) is 0 Å². The van der Waals surface area contributed by atoms with Crippen LogP contribution >= 0.6 is 0 Å². The van der Waals surface area contributed by atoms with Gasteiger partial charge in [-0.2, -0.15) is 5.10 Å². The smallest absolute Gasteiger partial charge is 0.137 e. The molecule has 6 nitrogen and oxygen atoms in total. The summed E-state index contributed by atoms with van der Waals surface area (Å²) in [5.74, 6) is 2.46. The van der Waals surface area contributed by atoms with E-state index >= 15 is 0 Å². The van der Waals surface area contributed by atoms with Crippen molar-refractivity contribution in [3.05, 3.63) is 125 Å². The minimum atomic E-state index is 0.780. The number of anilines is 1. The fourth-order valence-electron chi connectivity index (χ4n) is 7.86. The average Bonchev–Trinajstić information content (AvgIpc) is 3.67. The van der Waals surface area contributed by atoms with Crippen molar-refractivity contribution in [3.8, 4) is 34.1 Å². The Kier molecular flexibility index (Phi) is 10.7. The quantitative estimate of drug-likeness (QED) is 0.113. The summed E-state index contributed by atoms with van der Waals surface area (Å²) >= 11 is 0. The first-order valence-electron chi connectivity index (χ1n) is 19.5. The highest BCUT2D eigenvalue weighted by Gasteiger charge is 2.25. The molecule has 0 saturated carbocycles. The SMILES string of the molecule is CCCc1cc(N(C)C)cc(CCC)c1-c1c(CCC)nn(-c2cccc(Oc3ccc4c5ccccc5n(-c5cc(C)ccn5)c4c3)c2)c1CCC. The standard InChI is InChI=1S/C47H53N5O/c1-8-15-33-28-36(50(6)7)29-34(16-9-2)46(33)47-41(17-10-3)49-52(43(47)18-11-4)35-19-14-20-37(30-35)53-38-23-24-40-39-21-12-13-22-42(39)51(44(40)31-38)45-27-32(5)25-26-48-45/h12-14,19-31H,8-11,15-18H2,1-7H3. The van der Waals surface area contributed by atoms with E-state index in [1.165, 1.54) is 55.7 Å². The summed E-state index contributed by atoms with van der Waals surface area (Å²) in [6, 6.07) is 32.4. The van der Waals surface area contributed by atoms with E-state index in [-0.39, 0.29) is 0 Å². The molecule has 0 spiro atoms. The highest BCUT2D eigenvalue weighted by atomic mass is 16.5. The van der Waals surface area contributed by atoms with Crippen LogP contribution in [0, 0.1) is 6.92 Å². The van der Waals surface area contributed by atoms with E-state index in [1.807, 2.05) is 18.3 Å². The number of hydrogen-bond donors (Lipinski definition) is 0. The van der Waals surface area contributed by atoms with E-state index in [1.54, 1.807) is 0 Å². The number of nitrogens with zero attached hydrogens (tertiary/aromatic N) is 5. The molecule has 0 bridgehead atoms. The summed E-state index contributed by atoms with van der Waals surface area (Å²) in [5.41, 5.74) is 13.8. The number of fused-ring (bicyclic) bond motifs is 3. The maximum atomic E-state index is 6.69. The van der Waals surface area contributed by atoms with Crippen molar-refractivity contribution >= 4 is 27.5 Å². The zero-order valence-electron chi connectivity index (χ0n) is 32.5. The van der Waals surface area contributed by atoms with Crippen LogP contribution in [0.2, 0.25) is 0 Å².